The second-order valence-electron chi connectivity index (χ2n) is 7.84. The molecule has 3 rings (SSSR count). The van der Waals surface area contributed by atoms with Crippen LogP contribution < -0.4 is 9.47 Å². The summed E-state index contributed by atoms with van der Waals surface area (Å²) in [6.45, 7) is 5.90. The standard InChI is InChI=1S/C23H30N2O3/c1-16-6-8-22-19(10-16)13-25(20(15-28-22)14-24(3)4)23(26)12-18-7-9-21(27-5)17(2)11-18/h6-11,20H,12-15H2,1-5H3/t20-/m1/s1. The van der Waals surface area contributed by atoms with Crippen molar-refractivity contribution in [2.45, 2.75) is 32.9 Å². The van der Waals surface area contributed by atoms with Crippen LogP contribution >= 0.6 is 0 Å². The molecule has 1 aliphatic heterocycles. The SMILES string of the molecule is COc1ccc(CC(=O)N2Cc3cc(C)ccc3OC[C@H]2CN(C)C)cc1C. The molecule has 1 amide bonds. The summed E-state index contributed by atoms with van der Waals surface area (Å²) < 4.78 is 11.4. The van der Waals surface area contributed by atoms with E-state index in [0.29, 0.717) is 19.6 Å². The van der Waals surface area contributed by atoms with Gasteiger partial charge in [0.2, 0.25) is 5.91 Å². The number of fused-ring (bicyclic) bond motifs is 1. The molecule has 0 unspecified atom stereocenters. The lowest BCUT2D eigenvalue weighted by atomic mass is 10.1. The van der Waals surface area contributed by atoms with E-state index in [1.165, 1.54) is 5.56 Å². The van der Waals surface area contributed by atoms with Gasteiger partial charge in [-0.05, 0) is 51.2 Å². The van der Waals surface area contributed by atoms with Gasteiger partial charge in [-0.2, -0.15) is 0 Å². The van der Waals surface area contributed by atoms with Gasteiger partial charge >= 0.3 is 0 Å². The van der Waals surface area contributed by atoms with E-state index < -0.39 is 0 Å². The number of carbonyl (C=O) groups excluding carboxylic acids is 1. The summed E-state index contributed by atoms with van der Waals surface area (Å²) >= 11 is 0. The first-order valence-corrected chi connectivity index (χ1v) is 9.67. The van der Waals surface area contributed by atoms with Crippen LogP contribution in [0.4, 0.5) is 0 Å². The van der Waals surface area contributed by atoms with Crippen molar-refractivity contribution in [3.63, 3.8) is 0 Å². The van der Waals surface area contributed by atoms with Crippen LogP contribution in [-0.4, -0.2) is 56.1 Å². The van der Waals surface area contributed by atoms with Crippen molar-refractivity contribution in [3.05, 3.63) is 58.7 Å². The summed E-state index contributed by atoms with van der Waals surface area (Å²) in [5, 5.41) is 0. The van der Waals surface area contributed by atoms with Gasteiger partial charge in [0.15, 0.2) is 0 Å². The van der Waals surface area contributed by atoms with Crippen molar-refractivity contribution < 1.29 is 14.3 Å². The minimum atomic E-state index is 0.00884. The average Bonchev–Trinajstić information content (AvgIpc) is 2.81. The number of hydrogen-bond donors (Lipinski definition) is 0. The minimum absolute atomic E-state index is 0.00884. The summed E-state index contributed by atoms with van der Waals surface area (Å²) in [5.74, 6) is 1.84. The highest BCUT2D eigenvalue weighted by atomic mass is 16.5. The normalized spacial score (nSPS) is 16.4. The van der Waals surface area contributed by atoms with Gasteiger partial charge in [-0.15, -0.1) is 0 Å². The Hall–Kier alpha value is -2.53. The topological polar surface area (TPSA) is 42.0 Å². The Bertz CT molecular complexity index is 848. The van der Waals surface area contributed by atoms with Crippen molar-refractivity contribution in [1.29, 1.82) is 0 Å². The Labute approximate surface area is 167 Å². The zero-order valence-electron chi connectivity index (χ0n) is 17.5. The number of benzene rings is 2. The number of nitrogens with zero attached hydrogens (tertiary/aromatic N) is 2. The maximum Gasteiger partial charge on any atom is 0.227 e. The molecule has 2 aromatic rings. The number of methoxy groups -OCH3 is 1. The van der Waals surface area contributed by atoms with Crippen molar-refractivity contribution in [2.24, 2.45) is 0 Å². The molecule has 0 aliphatic carbocycles. The molecule has 0 spiro atoms. The molecule has 5 nitrogen and oxygen atoms in total. The molecule has 2 aromatic carbocycles. The molecule has 1 heterocycles. The Morgan fingerprint density at radius 2 is 2.00 bits per heavy atom. The molecular formula is C23H30N2O3. The molecule has 0 saturated heterocycles. The van der Waals surface area contributed by atoms with E-state index in [9.17, 15) is 4.79 Å². The van der Waals surface area contributed by atoms with Crippen LogP contribution in [0.25, 0.3) is 0 Å². The quantitative estimate of drug-likeness (QED) is 0.796. The van der Waals surface area contributed by atoms with Crippen molar-refractivity contribution in [1.82, 2.24) is 9.80 Å². The highest BCUT2D eigenvalue weighted by Gasteiger charge is 2.29. The summed E-state index contributed by atoms with van der Waals surface area (Å²) in [7, 11) is 5.71. The summed E-state index contributed by atoms with van der Waals surface area (Å²) in [5.41, 5.74) is 4.28. The molecule has 0 radical (unpaired) electrons. The van der Waals surface area contributed by atoms with Crippen molar-refractivity contribution >= 4 is 5.91 Å². The fraction of sp³-hybridized carbons (Fsp3) is 0.435. The number of likely N-dealkylation sites (N-methyl/N-ethyl adjacent to an activating group) is 1. The lowest BCUT2D eigenvalue weighted by Gasteiger charge is -2.31. The molecule has 0 bridgehead atoms. The number of ether oxygens (including phenoxy) is 2. The number of aryl methyl sites for hydroxylation is 2. The highest BCUT2D eigenvalue weighted by Crippen LogP contribution is 2.27. The predicted molar refractivity (Wildman–Crippen MR) is 111 cm³/mol. The summed E-state index contributed by atoms with van der Waals surface area (Å²) in [6, 6.07) is 12.1. The first-order chi connectivity index (χ1) is 13.4. The van der Waals surface area contributed by atoms with E-state index in [2.05, 4.69) is 24.0 Å². The lowest BCUT2D eigenvalue weighted by Crippen LogP contribution is -2.47. The zero-order valence-corrected chi connectivity index (χ0v) is 17.5. The smallest absolute Gasteiger partial charge is 0.227 e. The predicted octanol–water partition coefficient (Wildman–Crippen LogP) is 3.21. The Morgan fingerprint density at radius 3 is 2.68 bits per heavy atom. The minimum Gasteiger partial charge on any atom is -0.496 e. The first kappa shape index (κ1) is 20.2. The van der Waals surface area contributed by atoms with Crippen molar-refractivity contribution in [3.8, 4) is 11.5 Å². The van der Waals surface area contributed by atoms with E-state index in [1.807, 2.05) is 50.2 Å². The molecule has 150 valence electrons. The number of hydrogen-bond acceptors (Lipinski definition) is 4. The molecule has 0 aromatic heterocycles. The molecule has 1 atom stereocenters. The second kappa shape index (κ2) is 8.65. The van der Waals surface area contributed by atoms with E-state index in [1.54, 1.807) is 7.11 Å². The Morgan fingerprint density at radius 1 is 1.21 bits per heavy atom. The van der Waals surface area contributed by atoms with Crippen molar-refractivity contribution in [2.75, 3.05) is 34.4 Å². The Kier molecular flexibility index (Phi) is 6.25. The number of rotatable bonds is 5. The van der Waals surface area contributed by atoms with Gasteiger partial charge in [0.1, 0.15) is 18.1 Å². The third kappa shape index (κ3) is 4.65. The highest BCUT2D eigenvalue weighted by molar-refractivity contribution is 5.79. The van der Waals surface area contributed by atoms with Crippen LogP contribution in [0.3, 0.4) is 0 Å². The molecule has 0 fully saturated rings. The average molecular weight is 383 g/mol. The number of carbonyl (C=O) groups is 1. The van der Waals surface area contributed by atoms with Crippen LogP contribution in [0.1, 0.15) is 22.3 Å². The molecule has 0 saturated carbocycles. The molecule has 5 heteroatoms. The molecular weight excluding hydrogens is 352 g/mol. The maximum atomic E-state index is 13.3. The van der Waals surface area contributed by atoms with E-state index in [4.69, 9.17) is 9.47 Å². The van der Waals surface area contributed by atoms with Crippen LogP contribution in [0.2, 0.25) is 0 Å². The van der Waals surface area contributed by atoms with Gasteiger partial charge < -0.3 is 19.3 Å². The van der Waals surface area contributed by atoms with Crippen LogP contribution in [0.5, 0.6) is 11.5 Å². The lowest BCUT2D eigenvalue weighted by molar-refractivity contribution is -0.134. The second-order valence-corrected chi connectivity index (χ2v) is 7.84. The number of amides is 1. The maximum absolute atomic E-state index is 13.3. The molecule has 0 N–H and O–H groups in total. The third-order valence-corrected chi connectivity index (χ3v) is 5.14. The van der Waals surface area contributed by atoms with Gasteiger partial charge in [0.25, 0.3) is 0 Å². The summed E-state index contributed by atoms with van der Waals surface area (Å²) in [6.07, 6.45) is 0.371. The van der Waals surface area contributed by atoms with E-state index in [0.717, 1.165) is 34.7 Å². The molecule has 1 aliphatic rings. The van der Waals surface area contributed by atoms with Crippen LogP contribution in [0, 0.1) is 13.8 Å². The zero-order chi connectivity index (χ0) is 20.3. The van der Waals surface area contributed by atoms with Gasteiger partial charge in [0, 0.05) is 18.7 Å². The van der Waals surface area contributed by atoms with Crippen LogP contribution in [0.15, 0.2) is 36.4 Å². The van der Waals surface area contributed by atoms with E-state index >= 15 is 0 Å². The largest absolute Gasteiger partial charge is 0.496 e. The van der Waals surface area contributed by atoms with E-state index in [-0.39, 0.29) is 11.9 Å². The first-order valence-electron chi connectivity index (χ1n) is 9.67. The monoisotopic (exact) mass is 382 g/mol. The van der Waals surface area contributed by atoms with Gasteiger partial charge in [-0.25, -0.2) is 0 Å². The van der Waals surface area contributed by atoms with Gasteiger partial charge in [0.05, 0.1) is 19.6 Å². The fourth-order valence-corrected chi connectivity index (χ4v) is 3.75. The third-order valence-electron chi connectivity index (χ3n) is 5.14. The van der Waals surface area contributed by atoms with Gasteiger partial charge in [-0.3, -0.25) is 4.79 Å². The summed E-state index contributed by atoms with van der Waals surface area (Å²) in [4.78, 5) is 17.4. The Balaban J connectivity index is 1.85. The molecule has 28 heavy (non-hydrogen) atoms. The van der Waals surface area contributed by atoms with Gasteiger partial charge in [-0.1, -0.05) is 29.8 Å². The fourth-order valence-electron chi connectivity index (χ4n) is 3.75. The van der Waals surface area contributed by atoms with Crippen LogP contribution in [-0.2, 0) is 17.8 Å².